The summed E-state index contributed by atoms with van der Waals surface area (Å²) in [6, 6.07) is 12.0. The van der Waals surface area contributed by atoms with Crippen LogP contribution in [0, 0.1) is 6.92 Å². The van der Waals surface area contributed by atoms with Crippen LogP contribution in [0.25, 0.3) is 0 Å². The third-order valence-electron chi connectivity index (χ3n) is 2.87. The summed E-state index contributed by atoms with van der Waals surface area (Å²) < 4.78 is 11.4. The van der Waals surface area contributed by atoms with Gasteiger partial charge in [-0.05, 0) is 45.1 Å². The van der Waals surface area contributed by atoms with Crippen molar-refractivity contribution >= 4 is 15.3 Å². The quantitative estimate of drug-likeness (QED) is 0.603. The zero-order valence-electron chi connectivity index (χ0n) is 12.4. The van der Waals surface area contributed by atoms with Gasteiger partial charge in [0, 0.05) is 5.56 Å². The third-order valence-corrected chi connectivity index (χ3v) is 3.50. The standard InChI is InChI=1S/C16H20NO2Si/c1-12-9-10-14(18-12)11-17-13(2)15-7-5-6-8-16(15)19-20(3)4/h5-11,13H,1-4H3. The van der Waals surface area contributed by atoms with Crippen molar-refractivity contribution in [2.75, 3.05) is 0 Å². The van der Waals surface area contributed by atoms with Crippen molar-refractivity contribution in [1.82, 2.24) is 0 Å². The van der Waals surface area contributed by atoms with Crippen molar-refractivity contribution in [1.29, 1.82) is 0 Å². The molecular weight excluding hydrogens is 266 g/mol. The molecule has 1 aromatic carbocycles. The SMILES string of the molecule is Cc1ccc(C=NC(C)c2ccccc2O[Si](C)C)o1. The van der Waals surface area contributed by atoms with E-state index in [-0.39, 0.29) is 6.04 Å². The molecule has 2 aromatic rings. The van der Waals surface area contributed by atoms with Gasteiger partial charge >= 0.3 is 0 Å². The molecule has 1 heterocycles. The van der Waals surface area contributed by atoms with Crippen molar-refractivity contribution in [2.45, 2.75) is 33.0 Å². The van der Waals surface area contributed by atoms with Crippen LogP contribution in [0.1, 0.15) is 30.0 Å². The summed E-state index contributed by atoms with van der Waals surface area (Å²) in [5, 5.41) is 0. The molecule has 0 aliphatic carbocycles. The normalized spacial score (nSPS) is 13.1. The van der Waals surface area contributed by atoms with Crippen LogP contribution < -0.4 is 4.43 Å². The van der Waals surface area contributed by atoms with Gasteiger partial charge in [-0.25, -0.2) is 0 Å². The van der Waals surface area contributed by atoms with Crippen LogP contribution in [0.4, 0.5) is 0 Å². The fourth-order valence-corrected chi connectivity index (χ4v) is 2.55. The summed E-state index contributed by atoms with van der Waals surface area (Å²) in [5.41, 5.74) is 1.11. The van der Waals surface area contributed by atoms with Gasteiger partial charge in [0.15, 0.2) is 0 Å². The van der Waals surface area contributed by atoms with Gasteiger partial charge in [-0.1, -0.05) is 18.2 Å². The van der Waals surface area contributed by atoms with E-state index in [9.17, 15) is 0 Å². The van der Waals surface area contributed by atoms with E-state index in [2.05, 4.69) is 31.1 Å². The van der Waals surface area contributed by atoms with Crippen LogP contribution in [0.15, 0.2) is 45.8 Å². The molecule has 0 aliphatic heterocycles. The van der Waals surface area contributed by atoms with Gasteiger partial charge in [0.2, 0.25) is 0 Å². The van der Waals surface area contributed by atoms with E-state index in [0.29, 0.717) is 0 Å². The van der Waals surface area contributed by atoms with E-state index in [1.165, 1.54) is 0 Å². The van der Waals surface area contributed by atoms with E-state index < -0.39 is 9.04 Å². The molecule has 0 aliphatic rings. The fourth-order valence-electron chi connectivity index (χ4n) is 1.93. The molecule has 1 aromatic heterocycles. The minimum Gasteiger partial charge on any atom is -0.542 e. The fraction of sp³-hybridized carbons (Fsp3) is 0.312. The third kappa shape index (κ3) is 3.84. The highest BCUT2D eigenvalue weighted by molar-refractivity contribution is 6.49. The predicted octanol–water partition coefficient (Wildman–Crippen LogP) is 4.40. The Balaban J connectivity index is 2.16. The van der Waals surface area contributed by atoms with Crippen molar-refractivity contribution in [3.05, 3.63) is 53.5 Å². The van der Waals surface area contributed by atoms with Crippen LogP contribution in [0.3, 0.4) is 0 Å². The van der Waals surface area contributed by atoms with E-state index >= 15 is 0 Å². The molecule has 1 unspecified atom stereocenters. The first-order valence-electron chi connectivity index (χ1n) is 6.73. The van der Waals surface area contributed by atoms with Gasteiger partial charge in [0.1, 0.15) is 17.3 Å². The van der Waals surface area contributed by atoms with Crippen LogP contribution >= 0.6 is 0 Å². The van der Waals surface area contributed by atoms with Crippen LogP contribution in [0.2, 0.25) is 13.1 Å². The van der Waals surface area contributed by atoms with Gasteiger partial charge in [0.05, 0.1) is 12.3 Å². The van der Waals surface area contributed by atoms with Crippen LogP contribution in [-0.4, -0.2) is 15.3 Å². The van der Waals surface area contributed by atoms with Crippen LogP contribution in [0.5, 0.6) is 5.75 Å². The number of hydrogen-bond acceptors (Lipinski definition) is 3. The molecule has 0 fully saturated rings. The molecule has 0 spiro atoms. The second-order valence-corrected chi connectivity index (χ2v) is 6.97. The lowest BCUT2D eigenvalue weighted by Gasteiger charge is -2.15. The molecule has 0 amide bonds. The van der Waals surface area contributed by atoms with Gasteiger partial charge in [0.25, 0.3) is 9.04 Å². The smallest absolute Gasteiger partial charge is 0.274 e. The summed E-state index contributed by atoms with van der Waals surface area (Å²) in [7, 11) is -0.775. The van der Waals surface area contributed by atoms with E-state index in [0.717, 1.165) is 22.8 Å². The minimum absolute atomic E-state index is 0.0398. The van der Waals surface area contributed by atoms with Crippen molar-refractivity contribution in [3.8, 4) is 5.75 Å². The highest BCUT2D eigenvalue weighted by Gasteiger charge is 2.11. The average molecular weight is 286 g/mol. The second kappa shape index (κ2) is 6.57. The molecule has 1 radical (unpaired) electrons. The molecule has 2 rings (SSSR count). The Bertz CT molecular complexity index is 590. The zero-order chi connectivity index (χ0) is 14.5. The predicted molar refractivity (Wildman–Crippen MR) is 84.0 cm³/mol. The highest BCUT2D eigenvalue weighted by atomic mass is 28.3. The molecule has 20 heavy (non-hydrogen) atoms. The van der Waals surface area contributed by atoms with Gasteiger partial charge in [-0.3, -0.25) is 4.99 Å². The number of aliphatic imine (C=N–C) groups is 1. The number of hydrogen-bond donors (Lipinski definition) is 0. The molecule has 3 nitrogen and oxygen atoms in total. The topological polar surface area (TPSA) is 34.7 Å². The summed E-state index contributed by atoms with van der Waals surface area (Å²) in [6.07, 6.45) is 1.78. The first kappa shape index (κ1) is 14.6. The number of rotatable bonds is 5. The molecule has 4 heteroatoms. The summed E-state index contributed by atoms with van der Waals surface area (Å²) in [6.45, 7) is 8.24. The molecule has 105 valence electrons. The summed E-state index contributed by atoms with van der Waals surface area (Å²) >= 11 is 0. The maximum Gasteiger partial charge on any atom is 0.274 e. The second-order valence-electron chi connectivity index (χ2n) is 4.95. The Kier molecular flexibility index (Phi) is 4.79. The van der Waals surface area contributed by atoms with Gasteiger partial charge in [-0.2, -0.15) is 0 Å². The molecule has 0 bridgehead atoms. The summed E-state index contributed by atoms with van der Waals surface area (Å²) in [4.78, 5) is 4.56. The maximum atomic E-state index is 5.93. The number of benzene rings is 1. The van der Waals surface area contributed by atoms with Crippen molar-refractivity contribution < 1.29 is 8.84 Å². The lowest BCUT2D eigenvalue weighted by atomic mass is 10.1. The molecule has 0 saturated heterocycles. The Morgan fingerprint density at radius 1 is 1.20 bits per heavy atom. The Morgan fingerprint density at radius 3 is 2.60 bits per heavy atom. The molecule has 0 saturated carbocycles. The Hall–Kier alpha value is -1.81. The van der Waals surface area contributed by atoms with E-state index in [1.54, 1.807) is 6.21 Å². The number of para-hydroxylation sites is 1. The first-order chi connectivity index (χ1) is 9.56. The largest absolute Gasteiger partial charge is 0.542 e. The molecular formula is C16H20NO2Si. The van der Waals surface area contributed by atoms with Gasteiger partial charge in [-0.15, -0.1) is 0 Å². The molecule has 0 N–H and O–H groups in total. The maximum absolute atomic E-state index is 5.93. The lowest BCUT2D eigenvalue weighted by Crippen LogP contribution is -2.13. The lowest BCUT2D eigenvalue weighted by molar-refractivity contribution is 0.527. The highest BCUT2D eigenvalue weighted by Crippen LogP contribution is 2.27. The number of aryl methyl sites for hydroxylation is 1. The monoisotopic (exact) mass is 286 g/mol. The first-order valence-corrected chi connectivity index (χ1v) is 9.13. The number of nitrogens with zero attached hydrogens (tertiary/aromatic N) is 1. The summed E-state index contributed by atoms with van der Waals surface area (Å²) in [5.74, 6) is 2.61. The number of furan rings is 1. The van der Waals surface area contributed by atoms with Crippen LogP contribution in [-0.2, 0) is 0 Å². The minimum atomic E-state index is -0.775. The zero-order valence-corrected chi connectivity index (χ0v) is 13.4. The molecule has 1 atom stereocenters. The average Bonchev–Trinajstić information content (AvgIpc) is 2.82. The Labute approximate surface area is 122 Å². The van der Waals surface area contributed by atoms with Crippen molar-refractivity contribution in [3.63, 3.8) is 0 Å². The van der Waals surface area contributed by atoms with E-state index in [4.69, 9.17) is 8.84 Å². The van der Waals surface area contributed by atoms with Gasteiger partial charge < -0.3 is 8.84 Å². The van der Waals surface area contributed by atoms with E-state index in [1.807, 2.05) is 37.3 Å². The van der Waals surface area contributed by atoms with Crippen molar-refractivity contribution in [2.24, 2.45) is 4.99 Å². The Morgan fingerprint density at radius 2 is 1.95 bits per heavy atom.